The molecule has 1 aliphatic carbocycles. The molecule has 20 heavy (non-hydrogen) atoms. The van der Waals surface area contributed by atoms with Crippen molar-refractivity contribution in [2.75, 3.05) is 0 Å². The zero-order chi connectivity index (χ0) is 14.6. The molecule has 5 heteroatoms. The summed E-state index contributed by atoms with van der Waals surface area (Å²) in [6.45, 7) is 4.19. The molecule has 1 fully saturated rings. The van der Waals surface area contributed by atoms with Gasteiger partial charge in [-0.25, -0.2) is 4.98 Å². The van der Waals surface area contributed by atoms with E-state index in [1.165, 1.54) is 0 Å². The van der Waals surface area contributed by atoms with Gasteiger partial charge in [0.05, 0.1) is 16.1 Å². The smallest absolute Gasteiger partial charge is 0.108 e. The first-order chi connectivity index (χ1) is 9.53. The van der Waals surface area contributed by atoms with Gasteiger partial charge in [0.1, 0.15) is 5.54 Å². The van der Waals surface area contributed by atoms with Crippen LogP contribution in [0.5, 0.6) is 0 Å². The van der Waals surface area contributed by atoms with Crippen molar-refractivity contribution in [2.45, 2.75) is 61.4 Å². The molecule has 1 aliphatic rings. The van der Waals surface area contributed by atoms with Crippen molar-refractivity contribution in [3.05, 3.63) is 23.4 Å². The predicted molar refractivity (Wildman–Crippen MR) is 84.0 cm³/mol. The second kappa shape index (κ2) is 6.80. The summed E-state index contributed by atoms with van der Waals surface area (Å²) < 4.78 is 0. The fraction of sp³-hybridized carbons (Fsp3) is 0.600. The van der Waals surface area contributed by atoms with Crippen LogP contribution in [-0.2, 0) is 0 Å². The minimum atomic E-state index is -0.378. The molecule has 0 bridgehead atoms. The lowest BCUT2D eigenvalue weighted by Gasteiger charge is -2.37. The molecular formula is C15H20ClN3S. The Kier molecular flexibility index (Phi) is 5.31. The Morgan fingerprint density at radius 1 is 1.55 bits per heavy atom. The Labute approximate surface area is 130 Å². The molecule has 0 amide bonds. The van der Waals surface area contributed by atoms with Crippen LogP contribution in [-0.4, -0.2) is 21.8 Å². The van der Waals surface area contributed by atoms with Gasteiger partial charge in [-0.3, -0.25) is 5.32 Å². The van der Waals surface area contributed by atoms with Crippen molar-refractivity contribution in [1.82, 2.24) is 10.3 Å². The van der Waals surface area contributed by atoms with Gasteiger partial charge in [0.2, 0.25) is 0 Å². The quantitative estimate of drug-likeness (QED) is 0.912. The maximum absolute atomic E-state index is 9.56. The van der Waals surface area contributed by atoms with Crippen LogP contribution in [0.15, 0.2) is 23.4 Å². The van der Waals surface area contributed by atoms with Gasteiger partial charge >= 0.3 is 0 Å². The van der Waals surface area contributed by atoms with Crippen LogP contribution in [0.2, 0.25) is 5.02 Å². The summed E-state index contributed by atoms with van der Waals surface area (Å²) in [4.78, 5) is 4.33. The van der Waals surface area contributed by atoms with Crippen LogP contribution in [0.25, 0.3) is 0 Å². The summed E-state index contributed by atoms with van der Waals surface area (Å²) in [6, 6.07) is 6.65. The number of halogens is 1. The lowest BCUT2D eigenvalue weighted by molar-refractivity contribution is 0.284. The second-order valence-electron chi connectivity index (χ2n) is 5.64. The van der Waals surface area contributed by atoms with E-state index in [4.69, 9.17) is 11.6 Å². The van der Waals surface area contributed by atoms with E-state index in [9.17, 15) is 5.26 Å². The number of aromatic nitrogens is 1. The molecule has 1 aromatic rings. The topological polar surface area (TPSA) is 48.7 Å². The summed E-state index contributed by atoms with van der Waals surface area (Å²) in [5, 5.41) is 15.1. The molecule has 2 atom stereocenters. The molecule has 1 N–H and O–H groups in total. The van der Waals surface area contributed by atoms with E-state index in [1.807, 2.05) is 12.1 Å². The molecule has 1 saturated carbocycles. The summed E-state index contributed by atoms with van der Waals surface area (Å²) in [5.41, 5.74) is -0.378. The average molecular weight is 310 g/mol. The number of pyridine rings is 1. The Bertz CT molecular complexity index is 483. The van der Waals surface area contributed by atoms with Gasteiger partial charge < -0.3 is 0 Å². The van der Waals surface area contributed by atoms with Crippen molar-refractivity contribution < 1.29 is 0 Å². The molecule has 2 unspecified atom stereocenters. The molecule has 0 aromatic carbocycles. The van der Waals surface area contributed by atoms with Gasteiger partial charge in [-0.15, -0.1) is 11.8 Å². The minimum absolute atomic E-state index is 0.326. The number of rotatable bonds is 4. The Morgan fingerprint density at radius 2 is 2.35 bits per heavy atom. The van der Waals surface area contributed by atoms with Gasteiger partial charge in [-0.05, 0) is 51.7 Å². The maximum Gasteiger partial charge on any atom is 0.108 e. The third kappa shape index (κ3) is 4.12. The third-order valence-corrected chi connectivity index (χ3v) is 4.91. The summed E-state index contributed by atoms with van der Waals surface area (Å²) >= 11 is 7.61. The molecular weight excluding hydrogens is 290 g/mol. The Balaban J connectivity index is 2.03. The van der Waals surface area contributed by atoms with Crippen molar-refractivity contribution in [2.24, 2.45) is 0 Å². The van der Waals surface area contributed by atoms with Crippen LogP contribution < -0.4 is 5.32 Å². The lowest BCUT2D eigenvalue weighted by atomic mass is 9.82. The van der Waals surface area contributed by atoms with Gasteiger partial charge in [0.25, 0.3) is 0 Å². The van der Waals surface area contributed by atoms with E-state index >= 15 is 0 Å². The van der Waals surface area contributed by atoms with Crippen molar-refractivity contribution in [1.29, 1.82) is 5.26 Å². The summed E-state index contributed by atoms with van der Waals surface area (Å²) in [7, 11) is 0. The largest absolute Gasteiger partial charge is 0.297 e. The zero-order valence-electron chi connectivity index (χ0n) is 11.9. The van der Waals surface area contributed by atoms with Crippen molar-refractivity contribution in [3.63, 3.8) is 0 Å². The molecule has 1 heterocycles. The maximum atomic E-state index is 9.56. The molecule has 108 valence electrons. The Hall–Kier alpha value is -0.760. The van der Waals surface area contributed by atoms with Crippen molar-refractivity contribution >= 4 is 23.4 Å². The number of nitriles is 1. The highest BCUT2D eigenvalue weighted by Crippen LogP contribution is 2.37. The molecule has 2 rings (SSSR count). The number of nitrogens with zero attached hydrogens (tertiary/aromatic N) is 2. The average Bonchev–Trinajstić information content (AvgIpc) is 2.41. The summed E-state index contributed by atoms with van der Waals surface area (Å²) in [5.74, 6) is 0. The van der Waals surface area contributed by atoms with Gasteiger partial charge in [-0.1, -0.05) is 11.6 Å². The third-order valence-electron chi connectivity index (χ3n) is 3.47. The number of thioether (sulfide) groups is 1. The second-order valence-corrected chi connectivity index (χ2v) is 7.40. The van der Waals surface area contributed by atoms with E-state index in [1.54, 1.807) is 18.0 Å². The molecule has 0 radical (unpaired) electrons. The van der Waals surface area contributed by atoms with E-state index in [0.717, 1.165) is 30.7 Å². The molecule has 0 saturated heterocycles. The predicted octanol–water partition coefficient (Wildman–Crippen LogP) is 4.03. The molecule has 0 spiro atoms. The van der Waals surface area contributed by atoms with Gasteiger partial charge in [0, 0.05) is 17.5 Å². The minimum Gasteiger partial charge on any atom is -0.297 e. The standard InChI is InChI=1S/C15H20ClN3S/c1-11(2)19-15(10-17)7-3-4-13(8-15)20-14-6-5-12(16)9-18-14/h5-6,9,11,13,19H,3-4,7-8H2,1-2H3. The highest BCUT2D eigenvalue weighted by molar-refractivity contribution is 7.99. The Morgan fingerprint density at radius 3 is 2.95 bits per heavy atom. The zero-order valence-corrected chi connectivity index (χ0v) is 13.5. The van der Waals surface area contributed by atoms with E-state index in [2.05, 4.69) is 30.2 Å². The molecule has 0 aliphatic heterocycles. The SMILES string of the molecule is CC(C)NC1(C#N)CCCC(Sc2ccc(Cl)cn2)C1. The highest BCUT2D eigenvalue weighted by atomic mass is 35.5. The van der Waals surface area contributed by atoms with Crippen LogP contribution in [0.1, 0.15) is 39.5 Å². The van der Waals surface area contributed by atoms with Crippen LogP contribution in [0, 0.1) is 11.3 Å². The fourth-order valence-electron chi connectivity index (χ4n) is 2.75. The lowest BCUT2D eigenvalue weighted by Crippen LogP contribution is -2.51. The summed E-state index contributed by atoms with van der Waals surface area (Å²) in [6.07, 6.45) is 5.71. The highest BCUT2D eigenvalue weighted by Gasteiger charge is 2.37. The number of hydrogen-bond acceptors (Lipinski definition) is 4. The first kappa shape index (κ1) is 15.6. The van der Waals surface area contributed by atoms with Gasteiger partial charge in [0.15, 0.2) is 0 Å². The number of hydrogen-bond donors (Lipinski definition) is 1. The monoisotopic (exact) mass is 309 g/mol. The molecule has 1 aromatic heterocycles. The van der Waals surface area contributed by atoms with Crippen molar-refractivity contribution in [3.8, 4) is 6.07 Å². The van der Waals surface area contributed by atoms with Crippen LogP contribution >= 0.6 is 23.4 Å². The van der Waals surface area contributed by atoms with Crippen LogP contribution in [0.3, 0.4) is 0 Å². The van der Waals surface area contributed by atoms with Crippen LogP contribution in [0.4, 0.5) is 0 Å². The fourth-order valence-corrected chi connectivity index (χ4v) is 4.11. The molecule has 3 nitrogen and oxygen atoms in total. The van der Waals surface area contributed by atoms with E-state index in [0.29, 0.717) is 16.3 Å². The van der Waals surface area contributed by atoms with E-state index in [-0.39, 0.29) is 5.54 Å². The first-order valence-corrected chi connectivity index (χ1v) is 8.26. The van der Waals surface area contributed by atoms with E-state index < -0.39 is 0 Å². The first-order valence-electron chi connectivity index (χ1n) is 7.00. The van der Waals surface area contributed by atoms with Gasteiger partial charge in [-0.2, -0.15) is 5.26 Å². The normalized spacial score (nSPS) is 26.4. The number of nitrogens with one attached hydrogen (secondary N) is 1.